The van der Waals surface area contributed by atoms with Gasteiger partial charge in [0, 0.05) is 30.1 Å². The van der Waals surface area contributed by atoms with Gasteiger partial charge in [-0.05, 0) is 31.4 Å². The highest BCUT2D eigenvalue weighted by atomic mass is 19.1. The molecule has 0 aliphatic carbocycles. The van der Waals surface area contributed by atoms with E-state index in [1.165, 1.54) is 6.07 Å². The molecule has 0 unspecified atom stereocenters. The zero-order chi connectivity index (χ0) is 21.6. The molecule has 0 aliphatic rings. The lowest BCUT2D eigenvalue weighted by molar-refractivity contribution is 0.0833. The highest BCUT2D eigenvalue weighted by Gasteiger charge is 2.32. The molecule has 154 valence electrons. The van der Waals surface area contributed by atoms with E-state index < -0.39 is 28.8 Å². The molecule has 4 aromatic rings. The van der Waals surface area contributed by atoms with Crippen LogP contribution in [0.25, 0.3) is 22.2 Å². The largest absolute Gasteiger partial charge is 0.474 e. The summed E-state index contributed by atoms with van der Waals surface area (Å²) in [4.78, 5) is 0. The van der Waals surface area contributed by atoms with Crippen molar-refractivity contribution in [3.8, 4) is 17.1 Å². The van der Waals surface area contributed by atoms with Crippen molar-refractivity contribution in [3.05, 3.63) is 77.6 Å². The molecule has 4 rings (SSSR count). The summed E-state index contributed by atoms with van der Waals surface area (Å²) < 4.78 is 62.6. The molecule has 0 atom stereocenters. The average molecular weight is 415 g/mol. The van der Waals surface area contributed by atoms with Crippen LogP contribution in [0.2, 0.25) is 0 Å². The number of halogens is 4. The molecule has 0 spiro atoms. The zero-order valence-electron chi connectivity index (χ0n) is 16.4. The topological polar surface area (TPSA) is 39.9 Å². The van der Waals surface area contributed by atoms with Gasteiger partial charge in [0.1, 0.15) is 11.6 Å². The molecule has 3 aromatic carbocycles. The first-order valence-electron chi connectivity index (χ1n) is 9.10. The fourth-order valence-electron chi connectivity index (χ4n) is 3.47. The quantitative estimate of drug-likeness (QED) is 0.413. The first-order chi connectivity index (χ1) is 14.2. The Bertz CT molecular complexity index is 1240. The van der Waals surface area contributed by atoms with Gasteiger partial charge in [0.15, 0.2) is 34.6 Å². The Hall–Kier alpha value is -3.42. The van der Waals surface area contributed by atoms with Gasteiger partial charge in [0.2, 0.25) is 0 Å². The predicted octanol–water partition coefficient (Wildman–Crippen LogP) is 5.51. The fraction of sp³-hybridized carbons (Fsp3) is 0.182. The minimum absolute atomic E-state index is 0.272. The van der Waals surface area contributed by atoms with Crippen LogP contribution in [-0.2, 0) is 12.6 Å². The van der Waals surface area contributed by atoms with Crippen molar-refractivity contribution in [2.24, 2.45) is 7.05 Å². The molecule has 1 heterocycles. The summed E-state index contributed by atoms with van der Waals surface area (Å²) >= 11 is 0. The maximum Gasteiger partial charge on any atom is 0.192 e. The SMILES string of the molecule is Cn1c(-c2ccc(F)c3ccccc23)nnc1C(C)(C)Oc1c(F)cc(F)cc1F. The summed E-state index contributed by atoms with van der Waals surface area (Å²) in [6.07, 6.45) is 0. The van der Waals surface area contributed by atoms with Gasteiger partial charge in [0.25, 0.3) is 0 Å². The third-order valence-corrected chi connectivity index (χ3v) is 4.85. The van der Waals surface area contributed by atoms with E-state index in [2.05, 4.69) is 10.2 Å². The highest BCUT2D eigenvalue weighted by Crippen LogP contribution is 2.34. The molecule has 30 heavy (non-hydrogen) atoms. The Morgan fingerprint density at radius 2 is 1.47 bits per heavy atom. The molecule has 8 heteroatoms. The maximum absolute atomic E-state index is 14.2. The first kappa shape index (κ1) is 19.9. The molecule has 0 fully saturated rings. The van der Waals surface area contributed by atoms with Crippen LogP contribution < -0.4 is 4.74 Å². The van der Waals surface area contributed by atoms with Gasteiger partial charge in [-0.2, -0.15) is 0 Å². The Morgan fingerprint density at radius 1 is 0.833 bits per heavy atom. The number of benzene rings is 3. The molecule has 0 aliphatic heterocycles. The van der Waals surface area contributed by atoms with E-state index in [1.807, 2.05) is 0 Å². The summed E-state index contributed by atoms with van der Waals surface area (Å²) in [5.41, 5.74) is -0.668. The lowest BCUT2D eigenvalue weighted by Crippen LogP contribution is -2.30. The molecule has 4 nitrogen and oxygen atoms in total. The molecule has 0 amide bonds. The van der Waals surface area contributed by atoms with E-state index in [4.69, 9.17) is 4.74 Å². The monoisotopic (exact) mass is 415 g/mol. The van der Waals surface area contributed by atoms with E-state index in [-0.39, 0.29) is 11.6 Å². The van der Waals surface area contributed by atoms with Crippen molar-refractivity contribution in [2.75, 3.05) is 0 Å². The second-order valence-corrected chi connectivity index (χ2v) is 7.36. The van der Waals surface area contributed by atoms with Crippen LogP contribution in [-0.4, -0.2) is 14.8 Å². The van der Waals surface area contributed by atoms with Gasteiger partial charge < -0.3 is 9.30 Å². The summed E-state index contributed by atoms with van der Waals surface area (Å²) in [7, 11) is 1.67. The van der Waals surface area contributed by atoms with Crippen LogP contribution in [0.3, 0.4) is 0 Å². The third-order valence-electron chi connectivity index (χ3n) is 4.85. The smallest absolute Gasteiger partial charge is 0.192 e. The van der Waals surface area contributed by atoms with Crippen molar-refractivity contribution in [1.29, 1.82) is 0 Å². The van der Waals surface area contributed by atoms with Crippen molar-refractivity contribution >= 4 is 10.8 Å². The van der Waals surface area contributed by atoms with Gasteiger partial charge in [-0.3, -0.25) is 0 Å². The molecule has 1 aromatic heterocycles. The van der Waals surface area contributed by atoms with Crippen LogP contribution >= 0.6 is 0 Å². The van der Waals surface area contributed by atoms with E-state index >= 15 is 0 Å². The van der Waals surface area contributed by atoms with Gasteiger partial charge in [-0.1, -0.05) is 24.3 Å². The van der Waals surface area contributed by atoms with Gasteiger partial charge in [-0.15, -0.1) is 10.2 Å². The molecule has 0 saturated carbocycles. The van der Waals surface area contributed by atoms with Crippen molar-refractivity contribution in [2.45, 2.75) is 19.4 Å². The first-order valence-corrected chi connectivity index (χ1v) is 9.10. The summed E-state index contributed by atoms with van der Waals surface area (Å²) in [5.74, 6) is -3.73. The van der Waals surface area contributed by atoms with Crippen LogP contribution in [0, 0.1) is 23.3 Å². The second kappa shape index (κ2) is 7.12. The van der Waals surface area contributed by atoms with Crippen molar-refractivity contribution in [1.82, 2.24) is 14.8 Å². The van der Waals surface area contributed by atoms with Crippen LogP contribution in [0.4, 0.5) is 17.6 Å². The lowest BCUT2D eigenvalue weighted by Gasteiger charge is -2.26. The van der Waals surface area contributed by atoms with Crippen LogP contribution in [0.1, 0.15) is 19.7 Å². The molecular formula is C22H17F4N3O. The normalized spacial score (nSPS) is 11.8. The number of ether oxygens (including phenoxy) is 1. The van der Waals surface area contributed by atoms with E-state index in [0.29, 0.717) is 34.3 Å². The molecule has 0 N–H and O–H groups in total. The summed E-state index contributed by atoms with van der Waals surface area (Å²) in [6.45, 7) is 3.12. The number of rotatable bonds is 4. The minimum Gasteiger partial charge on any atom is -0.474 e. The van der Waals surface area contributed by atoms with E-state index in [1.54, 1.807) is 55.8 Å². The maximum atomic E-state index is 14.2. The number of nitrogens with zero attached hydrogens (tertiary/aromatic N) is 3. The Labute approximate surface area is 169 Å². The highest BCUT2D eigenvalue weighted by molar-refractivity contribution is 5.95. The van der Waals surface area contributed by atoms with Crippen molar-refractivity contribution < 1.29 is 22.3 Å². The van der Waals surface area contributed by atoms with Crippen molar-refractivity contribution in [3.63, 3.8) is 0 Å². The Balaban J connectivity index is 1.78. The van der Waals surface area contributed by atoms with Crippen LogP contribution in [0.5, 0.6) is 5.75 Å². The third kappa shape index (κ3) is 3.28. The molecule has 0 bridgehead atoms. The number of hydrogen-bond donors (Lipinski definition) is 0. The standard InChI is InChI=1S/C22H17F4N3O/c1-22(2,30-19-17(25)10-12(23)11-18(19)26)21-28-27-20(29(21)3)15-8-9-16(24)14-7-5-4-6-13(14)15/h4-11H,1-3H3. The molecule has 0 radical (unpaired) electrons. The average Bonchev–Trinajstić information content (AvgIpc) is 3.07. The summed E-state index contributed by atoms with van der Waals surface area (Å²) in [5, 5.41) is 9.42. The Kier molecular flexibility index (Phi) is 4.72. The minimum atomic E-state index is -1.31. The molecular weight excluding hydrogens is 398 g/mol. The molecule has 0 saturated heterocycles. The number of aromatic nitrogens is 3. The fourth-order valence-corrected chi connectivity index (χ4v) is 3.47. The summed E-state index contributed by atoms with van der Waals surface area (Å²) in [6, 6.07) is 11.0. The predicted molar refractivity (Wildman–Crippen MR) is 104 cm³/mol. The van der Waals surface area contributed by atoms with Gasteiger partial charge >= 0.3 is 0 Å². The lowest BCUT2D eigenvalue weighted by atomic mass is 10.0. The second-order valence-electron chi connectivity index (χ2n) is 7.36. The van der Waals surface area contributed by atoms with Crippen LogP contribution in [0.15, 0.2) is 48.5 Å². The van der Waals surface area contributed by atoms with Gasteiger partial charge in [0.05, 0.1) is 0 Å². The van der Waals surface area contributed by atoms with E-state index in [0.717, 1.165) is 0 Å². The number of fused-ring (bicyclic) bond motifs is 1. The number of hydrogen-bond acceptors (Lipinski definition) is 3. The van der Waals surface area contributed by atoms with E-state index in [9.17, 15) is 17.6 Å². The van der Waals surface area contributed by atoms with Gasteiger partial charge in [-0.25, -0.2) is 17.6 Å². The zero-order valence-corrected chi connectivity index (χ0v) is 16.4. The Morgan fingerprint density at radius 3 is 2.13 bits per heavy atom.